The van der Waals surface area contributed by atoms with Crippen molar-refractivity contribution in [1.82, 2.24) is 0 Å². The zero-order valence-corrected chi connectivity index (χ0v) is 7.85. The number of aliphatic carboxylic acids is 2. The molecule has 78 valence electrons. The van der Waals surface area contributed by atoms with Gasteiger partial charge in [0.15, 0.2) is 0 Å². The molecule has 2 aliphatic rings. The second kappa shape index (κ2) is 3.26. The second-order valence-corrected chi connectivity index (χ2v) is 4.38. The Morgan fingerprint density at radius 3 is 1.64 bits per heavy atom. The van der Waals surface area contributed by atoms with Gasteiger partial charge in [0.05, 0.1) is 11.8 Å². The SMILES string of the molecule is O=C(O)C1CCC2CCC(C(=O)O)C21. The zero-order valence-electron chi connectivity index (χ0n) is 7.85. The summed E-state index contributed by atoms with van der Waals surface area (Å²) in [5, 5.41) is 17.9. The van der Waals surface area contributed by atoms with Crippen molar-refractivity contribution in [1.29, 1.82) is 0 Å². The van der Waals surface area contributed by atoms with Gasteiger partial charge in [-0.3, -0.25) is 9.59 Å². The first-order valence-electron chi connectivity index (χ1n) is 5.07. The molecule has 4 heteroatoms. The van der Waals surface area contributed by atoms with Crippen molar-refractivity contribution in [2.24, 2.45) is 23.7 Å². The molecule has 0 amide bonds. The van der Waals surface area contributed by atoms with E-state index in [4.69, 9.17) is 10.2 Å². The molecule has 2 fully saturated rings. The van der Waals surface area contributed by atoms with E-state index in [1.54, 1.807) is 0 Å². The summed E-state index contributed by atoms with van der Waals surface area (Å²) in [6, 6.07) is 0. The Kier molecular flexibility index (Phi) is 2.21. The van der Waals surface area contributed by atoms with Crippen molar-refractivity contribution in [3.63, 3.8) is 0 Å². The summed E-state index contributed by atoms with van der Waals surface area (Å²) in [6.45, 7) is 0. The van der Waals surface area contributed by atoms with E-state index in [0.717, 1.165) is 12.8 Å². The number of fused-ring (bicyclic) bond motifs is 1. The molecule has 2 N–H and O–H groups in total. The van der Waals surface area contributed by atoms with Crippen LogP contribution in [0, 0.1) is 23.7 Å². The smallest absolute Gasteiger partial charge is 0.306 e. The van der Waals surface area contributed by atoms with Gasteiger partial charge in [-0.25, -0.2) is 0 Å². The quantitative estimate of drug-likeness (QED) is 0.699. The van der Waals surface area contributed by atoms with Crippen LogP contribution in [0.25, 0.3) is 0 Å². The Bertz CT molecular complexity index is 247. The highest BCUT2D eigenvalue weighted by Gasteiger charge is 2.50. The number of rotatable bonds is 2. The van der Waals surface area contributed by atoms with E-state index in [0.29, 0.717) is 18.8 Å². The first-order chi connectivity index (χ1) is 6.61. The lowest BCUT2D eigenvalue weighted by Crippen LogP contribution is -2.28. The Hall–Kier alpha value is -1.06. The molecular formula is C10H14O4. The molecule has 0 spiro atoms. The van der Waals surface area contributed by atoms with Crippen molar-refractivity contribution in [3.05, 3.63) is 0 Å². The standard InChI is InChI=1S/C10H14O4/c11-9(12)6-3-1-5-2-4-7(8(5)6)10(13)14/h5-8H,1-4H2,(H,11,12)(H,13,14). The summed E-state index contributed by atoms with van der Waals surface area (Å²) in [5.74, 6) is -2.22. The molecule has 2 saturated carbocycles. The summed E-state index contributed by atoms with van der Waals surface area (Å²) >= 11 is 0. The average molecular weight is 198 g/mol. The van der Waals surface area contributed by atoms with Crippen LogP contribution in [0.4, 0.5) is 0 Å². The van der Waals surface area contributed by atoms with E-state index in [1.807, 2.05) is 0 Å². The highest BCUT2D eigenvalue weighted by atomic mass is 16.4. The minimum atomic E-state index is -0.814. The zero-order chi connectivity index (χ0) is 10.3. The molecule has 0 bridgehead atoms. The van der Waals surface area contributed by atoms with Crippen molar-refractivity contribution >= 4 is 11.9 Å². The summed E-state index contributed by atoms with van der Waals surface area (Å²) in [4.78, 5) is 21.8. The third kappa shape index (κ3) is 1.29. The highest BCUT2D eigenvalue weighted by Crippen LogP contribution is 2.50. The number of carboxylic acid groups (broad SMARTS) is 2. The molecule has 0 aromatic carbocycles. The van der Waals surface area contributed by atoms with E-state index < -0.39 is 23.8 Å². The van der Waals surface area contributed by atoms with E-state index >= 15 is 0 Å². The van der Waals surface area contributed by atoms with E-state index in [-0.39, 0.29) is 5.92 Å². The van der Waals surface area contributed by atoms with E-state index in [1.165, 1.54) is 0 Å². The number of carbonyl (C=O) groups is 2. The van der Waals surface area contributed by atoms with E-state index in [2.05, 4.69) is 0 Å². The summed E-state index contributed by atoms with van der Waals surface area (Å²) in [6.07, 6.45) is 3.11. The minimum Gasteiger partial charge on any atom is -0.481 e. The Balaban J connectivity index is 2.19. The fraction of sp³-hybridized carbons (Fsp3) is 0.800. The maximum Gasteiger partial charge on any atom is 0.306 e. The molecule has 2 aliphatic carbocycles. The van der Waals surface area contributed by atoms with Crippen LogP contribution in [0.3, 0.4) is 0 Å². The predicted molar refractivity (Wildman–Crippen MR) is 47.7 cm³/mol. The van der Waals surface area contributed by atoms with Crippen LogP contribution >= 0.6 is 0 Å². The average Bonchev–Trinajstić information content (AvgIpc) is 2.59. The number of carboxylic acids is 2. The molecule has 2 atom stereocenters. The lowest BCUT2D eigenvalue weighted by molar-refractivity contribution is -0.147. The fourth-order valence-electron chi connectivity index (χ4n) is 3.22. The Morgan fingerprint density at radius 1 is 0.857 bits per heavy atom. The molecule has 0 radical (unpaired) electrons. The summed E-state index contributed by atoms with van der Waals surface area (Å²) in [7, 11) is 0. The van der Waals surface area contributed by atoms with Gasteiger partial charge in [-0.05, 0) is 37.5 Å². The third-order valence-electron chi connectivity index (χ3n) is 3.80. The number of hydrogen-bond donors (Lipinski definition) is 2. The highest BCUT2D eigenvalue weighted by molar-refractivity contribution is 5.75. The van der Waals surface area contributed by atoms with Crippen LogP contribution in [-0.4, -0.2) is 22.2 Å². The Labute approximate surface area is 81.9 Å². The van der Waals surface area contributed by atoms with Gasteiger partial charge in [-0.1, -0.05) is 0 Å². The molecule has 0 heterocycles. The van der Waals surface area contributed by atoms with Gasteiger partial charge in [0.25, 0.3) is 0 Å². The van der Waals surface area contributed by atoms with Gasteiger partial charge in [0.2, 0.25) is 0 Å². The molecule has 2 unspecified atom stereocenters. The van der Waals surface area contributed by atoms with Crippen LogP contribution in [0.5, 0.6) is 0 Å². The maximum absolute atomic E-state index is 10.9. The van der Waals surface area contributed by atoms with Crippen LogP contribution in [0.15, 0.2) is 0 Å². The van der Waals surface area contributed by atoms with Crippen molar-refractivity contribution < 1.29 is 19.8 Å². The van der Waals surface area contributed by atoms with Gasteiger partial charge in [-0.2, -0.15) is 0 Å². The normalized spacial score (nSPS) is 40.9. The third-order valence-corrected chi connectivity index (χ3v) is 3.80. The maximum atomic E-state index is 10.9. The largest absolute Gasteiger partial charge is 0.481 e. The minimum absolute atomic E-state index is 0.106. The monoisotopic (exact) mass is 198 g/mol. The molecule has 0 aliphatic heterocycles. The van der Waals surface area contributed by atoms with Crippen molar-refractivity contribution in [2.45, 2.75) is 25.7 Å². The molecule has 2 rings (SSSR count). The summed E-state index contributed by atoms with van der Waals surface area (Å²) in [5.41, 5.74) is 0. The molecule has 0 aromatic rings. The van der Waals surface area contributed by atoms with Crippen LogP contribution in [0.2, 0.25) is 0 Å². The van der Waals surface area contributed by atoms with Crippen LogP contribution in [0.1, 0.15) is 25.7 Å². The molecule has 0 aromatic heterocycles. The second-order valence-electron chi connectivity index (χ2n) is 4.38. The molecule has 4 nitrogen and oxygen atoms in total. The van der Waals surface area contributed by atoms with Crippen LogP contribution < -0.4 is 0 Å². The van der Waals surface area contributed by atoms with Gasteiger partial charge in [0, 0.05) is 0 Å². The lowest BCUT2D eigenvalue weighted by atomic mass is 9.85. The predicted octanol–water partition coefficient (Wildman–Crippen LogP) is 1.21. The molecule has 14 heavy (non-hydrogen) atoms. The van der Waals surface area contributed by atoms with Gasteiger partial charge < -0.3 is 10.2 Å². The Morgan fingerprint density at radius 2 is 1.29 bits per heavy atom. The first kappa shape index (κ1) is 9.49. The van der Waals surface area contributed by atoms with E-state index in [9.17, 15) is 9.59 Å². The van der Waals surface area contributed by atoms with Crippen LogP contribution in [-0.2, 0) is 9.59 Å². The van der Waals surface area contributed by atoms with Gasteiger partial charge in [0.1, 0.15) is 0 Å². The number of hydrogen-bond acceptors (Lipinski definition) is 2. The first-order valence-corrected chi connectivity index (χ1v) is 5.07. The van der Waals surface area contributed by atoms with Gasteiger partial charge >= 0.3 is 11.9 Å². The topological polar surface area (TPSA) is 74.6 Å². The molecular weight excluding hydrogens is 184 g/mol. The summed E-state index contributed by atoms with van der Waals surface area (Å²) < 4.78 is 0. The lowest BCUT2D eigenvalue weighted by Gasteiger charge is -2.19. The van der Waals surface area contributed by atoms with Crippen molar-refractivity contribution in [3.8, 4) is 0 Å². The molecule has 0 saturated heterocycles. The fourth-order valence-corrected chi connectivity index (χ4v) is 3.22. The van der Waals surface area contributed by atoms with Crippen molar-refractivity contribution in [2.75, 3.05) is 0 Å². The van der Waals surface area contributed by atoms with Gasteiger partial charge in [-0.15, -0.1) is 0 Å².